The average Bonchev–Trinajstić information content (AvgIpc) is 3.21. The molecule has 4 nitrogen and oxygen atoms in total. The van der Waals surface area contributed by atoms with Crippen LogP contribution in [0.2, 0.25) is 0 Å². The maximum absolute atomic E-state index is 14.2. The fourth-order valence-corrected chi connectivity index (χ4v) is 9.71. The highest BCUT2D eigenvalue weighted by Gasteiger charge is 2.41. The Balaban J connectivity index is 1.25. The molecule has 274 valence electrons. The van der Waals surface area contributed by atoms with Gasteiger partial charge in [-0.3, -0.25) is 9.59 Å². The van der Waals surface area contributed by atoms with Crippen molar-refractivity contribution in [3.05, 3.63) is 141 Å². The normalized spacial score (nSPS) is 17.4. The fraction of sp³-hybridized carbons (Fsp3) is 0.360. The lowest BCUT2D eigenvalue weighted by Gasteiger charge is -2.37. The van der Waals surface area contributed by atoms with Crippen molar-refractivity contribution in [2.45, 2.75) is 103 Å². The number of ether oxygens (including phenoxy) is 2. The molecule has 0 heterocycles. The van der Waals surface area contributed by atoms with Crippen molar-refractivity contribution in [3.63, 3.8) is 0 Å². The molecule has 0 aliphatic heterocycles. The van der Waals surface area contributed by atoms with Gasteiger partial charge in [-0.15, -0.1) is 0 Å². The van der Waals surface area contributed by atoms with Gasteiger partial charge in [0.05, 0.1) is 6.61 Å². The molecule has 0 fully saturated rings. The molecular formula is C50H50O4. The molecule has 54 heavy (non-hydrogen) atoms. The van der Waals surface area contributed by atoms with Crippen molar-refractivity contribution in [1.82, 2.24) is 0 Å². The Bertz CT molecular complexity index is 2370. The molecule has 0 amide bonds. The van der Waals surface area contributed by atoms with E-state index in [9.17, 15) is 9.59 Å². The van der Waals surface area contributed by atoms with Gasteiger partial charge in [-0.1, -0.05) is 145 Å². The van der Waals surface area contributed by atoms with Gasteiger partial charge in [0.1, 0.15) is 11.9 Å². The molecule has 0 N–H and O–H groups in total. The van der Waals surface area contributed by atoms with Crippen LogP contribution in [0.5, 0.6) is 0 Å². The number of fused-ring (bicyclic) bond motifs is 6. The number of ketones is 2. The zero-order valence-corrected chi connectivity index (χ0v) is 31.8. The summed E-state index contributed by atoms with van der Waals surface area (Å²) in [6.07, 6.45) is 18.5. The molecule has 4 aliphatic rings. The van der Waals surface area contributed by atoms with Crippen LogP contribution < -0.4 is 0 Å². The first kappa shape index (κ1) is 34.9. The van der Waals surface area contributed by atoms with Gasteiger partial charge in [0, 0.05) is 51.5 Å². The number of allylic oxidation sites excluding steroid dienone is 1. The summed E-state index contributed by atoms with van der Waals surface area (Å²) in [5.41, 5.74) is 10.3. The van der Waals surface area contributed by atoms with E-state index in [0.29, 0.717) is 13.2 Å². The third-order valence-electron chi connectivity index (χ3n) is 12.3. The predicted molar refractivity (Wildman–Crippen MR) is 219 cm³/mol. The first-order valence-electron chi connectivity index (χ1n) is 20.7. The maximum atomic E-state index is 14.2. The zero-order chi connectivity index (χ0) is 36.8. The Hall–Kier alpha value is -4.80. The minimum absolute atomic E-state index is 0.0635. The summed E-state index contributed by atoms with van der Waals surface area (Å²) in [6.45, 7) is 5.78. The topological polar surface area (TPSA) is 52.6 Å². The second-order valence-corrected chi connectivity index (χ2v) is 15.7. The number of hydrogen-bond acceptors (Lipinski definition) is 4. The van der Waals surface area contributed by atoms with Crippen LogP contribution in [0.4, 0.5) is 0 Å². The van der Waals surface area contributed by atoms with Gasteiger partial charge in [0.25, 0.3) is 0 Å². The summed E-state index contributed by atoms with van der Waals surface area (Å²) in [7, 11) is 0. The van der Waals surface area contributed by atoms with E-state index in [1.807, 2.05) is 48.5 Å². The molecule has 4 heteroatoms. The van der Waals surface area contributed by atoms with Crippen LogP contribution in [0.1, 0.15) is 168 Å². The predicted octanol–water partition coefficient (Wildman–Crippen LogP) is 12.8. The number of hydrogen-bond donors (Lipinski definition) is 0. The molecule has 4 aliphatic carbocycles. The van der Waals surface area contributed by atoms with Crippen LogP contribution in [0.25, 0.3) is 32.9 Å². The van der Waals surface area contributed by atoms with Gasteiger partial charge in [0.2, 0.25) is 0 Å². The number of benzene rings is 5. The Labute approximate surface area is 319 Å². The lowest BCUT2D eigenvalue weighted by molar-refractivity contribution is 0.0822. The van der Waals surface area contributed by atoms with Crippen LogP contribution in [0.3, 0.4) is 0 Å². The molecular weight excluding hydrogens is 665 g/mol. The summed E-state index contributed by atoms with van der Waals surface area (Å²) in [4.78, 5) is 28.4. The summed E-state index contributed by atoms with van der Waals surface area (Å²) in [5.74, 6) is 0.912. The van der Waals surface area contributed by atoms with E-state index in [4.69, 9.17) is 9.47 Å². The monoisotopic (exact) mass is 714 g/mol. The Morgan fingerprint density at radius 1 is 0.519 bits per heavy atom. The van der Waals surface area contributed by atoms with Gasteiger partial charge >= 0.3 is 0 Å². The van der Waals surface area contributed by atoms with E-state index in [2.05, 4.69) is 50.3 Å². The van der Waals surface area contributed by atoms with E-state index in [1.54, 1.807) is 0 Å². The van der Waals surface area contributed by atoms with Gasteiger partial charge in [-0.2, -0.15) is 0 Å². The van der Waals surface area contributed by atoms with Gasteiger partial charge < -0.3 is 9.47 Å². The summed E-state index contributed by atoms with van der Waals surface area (Å²) < 4.78 is 14.0. The second-order valence-electron chi connectivity index (χ2n) is 15.7. The minimum atomic E-state index is -0.346. The van der Waals surface area contributed by atoms with Crippen molar-refractivity contribution >= 4 is 44.4 Å². The van der Waals surface area contributed by atoms with Gasteiger partial charge in [-0.25, -0.2) is 0 Å². The molecule has 0 aromatic heterocycles. The fourth-order valence-electron chi connectivity index (χ4n) is 9.71. The summed E-state index contributed by atoms with van der Waals surface area (Å²) in [5, 5.41) is 4.37. The quantitative estimate of drug-likeness (QED) is 0.0740. The lowest BCUT2D eigenvalue weighted by Crippen LogP contribution is -2.24. The zero-order valence-electron chi connectivity index (χ0n) is 31.8. The largest absolute Gasteiger partial charge is 0.493 e. The standard InChI is InChI=1S/C50H50O4/c1-3-5-7-9-11-17-27-53-41-29-39-31-19-13-15-21-35(31)49(51)37-25-23-33-34-24-26-38-44-40(32-20-14-16-22-36(32)50(38)52)30-42(54-28-18-12-10-8-6-4-2)48(46(34)44)47(41)45(33)43(37)39/h13-16,19-26,29-30,39,42H,3-12,17-18,27-28H2,1-2H3. The van der Waals surface area contributed by atoms with Crippen molar-refractivity contribution in [3.8, 4) is 0 Å². The van der Waals surface area contributed by atoms with Crippen LogP contribution in [0.15, 0.2) is 84.9 Å². The first-order valence-corrected chi connectivity index (χ1v) is 20.7. The molecule has 9 rings (SSSR count). The van der Waals surface area contributed by atoms with Crippen molar-refractivity contribution in [1.29, 1.82) is 0 Å². The molecule has 0 saturated heterocycles. The third-order valence-corrected chi connectivity index (χ3v) is 12.3. The lowest BCUT2D eigenvalue weighted by atomic mass is 9.68. The first-order chi connectivity index (χ1) is 26.6. The van der Waals surface area contributed by atoms with E-state index < -0.39 is 0 Å². The highest BCUT2D eigenvalue weighted by molar-refractivity contribution is 6.28. The van der Waals surface area contributed by atoms with Gasteiger partial charge in [0.15, 0.2) is 11.6 Å². The number of carbonyl (C=O) groups excluding carboxylic acids is 2. The van der Waals surface area contributed by atoms with Crippen LogP contribution in [-0.4, -0.2) is 24.8 Å². The third kappa shape index (κ3) is 5.68. The van der Waals surface area contributed by atoms with Crippen molar-refractivity contribution in [2.75, 3.05) is 13.2 Å². The summed E-state index contributed by atoms with van der Waals surface area (Å²) in [6, 6.07) is 24.5. The Morgan fingerprint density at radius 2 is 1.11 bits per heavy atom. The molecule has 2 unspecified atom stereocenters. The van der Waals surface area contributed by atoms with Crippen molar-refractivity contribution < 1.29 is 19.1 Å². The number of carbonyl (C=O) groups is 2. The highest BCUT2D eigenvalue weighted by Crippen LogP contribution is 2.56. The van der Waals surface area contributed by atoms with Crippen LogP contribution in [0, 0.1) is 0 Å². The average molecular weight is 715 g/mol. The SMILES string of the molecule is CCCCCCCCOC1=CC2c3ccccc3C(=O)c3ccc4c(c1c1c5c6c(ccc54)C(=O)c4ccccc4C6=CC1OCCCCCCCC)c32. The molecule has 0 saturated carbocycles. The molecule has 0 bridgehead atoms. The van der Waals surface area contributed by atoms with E-state index in [-0.39, 0.29) is 23.6 Å². The van der Waals surface area contributed by atoms with Crippen LogP contribution in [-0.2, 0) is 9.47 Å². The minimum Gasteiger partial charge on any atom is -0.493 e. The van der Waals surface area contributed by atoms with E-state index >= 15 is 0 Å². The van der Waals surface area contributed by atoms with Gasteiger partial charge in [-0.05, 0) is 74.9 Å². The molecule has 0 radical (unpaired) electrons. The highest BCUT2D eigenvalue weighted by atomic mass is 16.5. The summed E-state index contributed by atoms with van der Waals surface area (Å²) >= 11 is 0. The molecule has 5 aromatic rings. The second kappa shape index (κ2) is 14.8. The van der Waals surface area contributed by atoms with Crippen LogP contribution >= 0.6 is 0 Å². The maximum Gasteiger partial charge on any atom is 0.194 e. The van der Waals surface area contributed by atoms with E-state index in [0.717, 1.165) is 114 Å². The molecule has 5 aromatic carbocycles. The van der Waals surface area contributed by atoms with E-state index in [1.165, 1.54) is 51.4 Å². The Kier molecular flexibility index (Phi) is 9.57. The number of unbranched alkanes of at least 4 members (excludes halogenated alkanes) is 10. The number of rotatable bonds is 16. The molecule has 2 atom stereocenters. The van der Waals surface area contributed by atoms with Crippen molar-refractivity contribution in [2.24, 2.45) is 0 Å². The molecule has 0 spiro atoms. The smallest absolute Gasteiger partial charge is 0.194 e. The Morgan fingerprint density at radius 3 is 1.85 bits per heavy atom.